The van der Waals surface area contributed by atoms with E-state index < -0.39 is 18.5 Å². The number of ether oxygens (including phenoxy) is 2. The number of aryl methyl sites for hydroxylation is 2. The fourth-order valence-corrected chi connectivity index (χ4v) is 3.37. The molecule has 0 aliphatic carbocycles. The second-order valence-electron chi connectivity index (χ2n) is 7.09. The Kier molecular flexibility index (Phi) is 5.14. The molecule has 0 bridgehead atoms. The number of carbonyl (C=O) groups is 2. The number of hydrogen-bond acceptors (Lipinski definition) is 5. The summed E-state index contributed by atoms with van der Waals surface area (Å²) in [5, 5.41) is 4.58. The highest BCUT2D eigenvalue weighted by atomic mass is 16.5. The molecule has 6 heteroatoms. The van der Waals surface area contributed by atoms with Gasteiger partial charge in [0.25, 0.3) is 5.91 Å². The first-order valence-corrected chi connectivity index (χ1v) is 9.50. The van der Waals surface area contributed by atoms with Crippen LogP contribution in [0.5, 0.6) is 5.75 Å². The van der Waals surface area contributed by atoms with Gasteiger partial charge in [0.2, 0.25) is 0 Å². The van der Waals surface area contributed by atoms with Crippen molar-refractivity contribution in [3.05, 3.63) is 71.3 Å². The largest absolute Gasteiger partial charge is 0.495 e. The van der Waals surface area contributed by atoms with E-state index in [4.69, 9.17) is 13.9 Å². The molecule has 1 aromatic heterocycles. The van der Waals surface area contributed by atoms with Crippen LogP contribution in [0.3, 0.4) is 0 Å². The van der Waals surface area contributed by atoms with Gasteiger partial charge in [-0.05, 0) is 37.6 Å². The number of carbonyl (C=O) groups excluding carboxylic acids is 2. The van der Waals surface area contributed by atoms with Crippen LogP contribution in [0.2, 0.25) is 0 Å². The molecular formula is C24H21NO5. The number of amides is 1. The van der Waals surface area contributed by atoms with Crippen molar-refractivity contribution in [3.63, 3.8) is 0 Å². The number of para-hydroxylation sites is 1. The van der Waals surface area contributed by atoms with Crippen LogP contribution in [-0.4, -0.2) is 25.6 Å². The number of hydrogen-bond donors (Lipinski definition) is 1. The molecule has 0 radical (unpaired) electrons. The number of benzene rings is 3. The Labute approximate surface area is 173 Å². The van der Waals surface area contributed by atoms with Crippen LogP contribution in [0.1, 0.15) is 21.5 Å². The summed E-state index contributed by atoms with van der Waals surface area (Å²) < 4.78 is 16.5. The van der Waals surface area contributed by atoms with E-state index >= 15 is 0 Å². The molecule has 0 atom stereocenters. The lowest BCUT2D eigenvalue weighted by Gasteiger charge is -2.11. The monoisotopic (exact) mass is 403 g/mol. The Morgan fingerprint density at radius 1 is 0.967 bits per heavy atom. The molecule has 0 saturated carbocycles. The van der Waals surface area contributed by atoms with Crippen molar-refractivity contribution >= 4 is 39.5 Å². The average Bonchev–Trinajstić information content (AvgIpc) is 3.10. The molecule has 152 valence electrons. The van der Waals surface area contributed by atoms with Crippen LogP contribution in [0.4, 0.5) is 5.69 Å². The number of furan rings is 1. The molecule has 3 aromatic carbocycles. The molecule has 4 rings (SSSR count). The van der Waals surface area contributed by atoms with E-state index in [0.717, 1.165) is 27.5 Å². The minimum absolute atomic E-state index is 0.409. The summed E-state index contributed by atoms with van der Waals surface area (Å²) in [6.07, 6.45) is 0. The smallest absolute Gasteiger partial charge is 0.338 e. The predicted octanol–water partition coefficient (Wildman–Crippen LogP) is 5.01. The molecule has 0 aliphatic heterocycles. The third kappa shape index (κ3) is 3.72. The predicted molar refractivity (Wildman–Crippen MR) is 115 cm³/mol. The molecule has 0 saturated heterocycles. The zero-order valence-electron chi connectivity index (χ0n) is 16.9. The van der Waals surface area contributed by atoms with Gasteiger partial charge in [0, 0.05) is 16.8 Å². The van der Waals surface area contributed by atoms with Crippen LogP contribution in [0.15, 0.2) is 59.0 Å². The Balaban J connectivity index is 1.51. The molecular weight excluding hydrogens is 382 g/mol. The molecule has 4 aromatic rings. The van der Waals surface area contributed by atoms with Gasteiger partial charge in [0.15, 0.2) is 6.61 Å². The Hall–Kier alpha value is -3.80. The van der Waals surface area contributed by atoms with Crippen molar-refractivity contribution < 1.29 is 23.5 Å². The van der Waals surface area contributed by atoms with Crippen molar-refractivity contribution in [3.8, 4) is 5.75 Å². The zero-order valence-corrected chi connectivity index (χ0v) is 16.9. The molecule has 0 spiro atoms. The first kappa shape index (κ1) is 19.5. The van der Waals surface area contributed by atoms with Gasteiger partial charge in [0.1, 0.15) is 16.9 Å². The van der Waals surface area contributed by atoms with Crippen LogP contribution in [0.25, 0.3) is 21.9 Å². The Morgan fingerprint density at radius 3 is 2.57 bits per heavy atom. The number of anilines is 1. The quantitative estimate of drug-likeness (QED) is 0.474. The lowest BCUT2D eigenvalue weighted by molar-refractivity contribution is -0.119. The van der Waals surface area contributed by atoms with Crippen LogP contribution < -0.4 is 10.1 Å². The highest BCUT2D eigenvalue weighted by molar-refractivity contribution is 6.08. The summed E-state index contributed by atoms with van der Waals surface area (Å²) in [7, 11) is 1.53. The van der Waals surface area contributed by atoms with Gasteiger partial charge < -0.3 is 19.2 Å². The van der Waals surface area contributed by atoms with E-state index in [-0.39, 0.29) is 0 Å². The number of fused-ring (bicyclic) bond motifs is 3. The number of nitrogens with one attached hydrogen (secondary N) is 1. The zero-order chi connectivity index (χ0) is 21.3. The summed E-state index contributed by atoms with van der Waals surface area (Å²) in [4.78, 5) is 24.7. The highest BCUT2D eigenvalue weighted by Gasteiger charge is 2.16. The van der Waals surface area contributed by atoms with E-state index in [1.165, 1.54) is 7.11 Å². The average molecular weight is 403 g/mol. The third-order valence-electron chi connectivity index (χ3n) is 4.92. The van der Waals surface area contributed by atoms with E-state index in [1.54, 1.807) is 12.1 Å². The fraction of sp³-hybridized carbons (Fsp3) is 0.167. The van der Waals surface area contributed by atoms with Crippen molar-refractivity contribution in [1.29, 1.82) is 0 Å². The van der Waals surface area contributed by atoms with Gasteiger partial charge in [-0.3, -0.25) is 4.79 Å². The van der Waals surface area contributed by atoms with Gasteiger partial charge >= 0.3 is 5.97 Å². The summed E-state index contributed by atoms with van der Waals surface area (Å²) in [5.74, 6) is -0.517. The summed E-state index contributed by atoms with van der Waals surface area (Å²) in [6, 6.07) is 16.7. The van der Waals surface area contributed by atoms with Gasteiger partial charge in [-0.25, -0.2) is 4.79 Å². The third-order valence-corrected chi connectivity index (χ3v) is 4.92. The molecule has 0 fully saturated rings. The van der Waals surface area contributed by atoms with Gasteiger partial charge in [-0.15, -0.1) is 0 Å². The molecule has 1 N–H and O–H groups in total. The maximum atomic E-state index is 12.4. The number of rotatable bonds is 5. The normalized spacial score (nSPS) is 10.9. The van der Waals surface area contributed by atoms with Crippen LogP contribution >= 0.6 is 0 Å². The first-order chi connectivity index (χ1) is 14.5. The number of esters is 1. The van der Waals surface area contributed by atoms with E-state index in [1.807, 2.05) is 56.3 Å². The minimum atomic E-state index is -0.536. The second kappa shape index (κ2) is 7.91. The number of methoxy groups -OCH3 is 1. The molecule has 1 amide bonds. The molecule has 0 aliphatic rings. The van der Waals surface area contributed by atoms with Gasteiger partial charge in [-0.1, -0.05) is 35.9 Å². The first-order valence-electron chi connectivity index (χ1n) is 9.50. The summed E-state index contributed by atoms with van der Waals surface area (Å²) >= 11 is 0. The maximum Gasteiger partial charge on any atom is 0.338 e. The molecule has 30 heavy (non-hydrogen) atoms. The van der Waals surface area contributed by atoms with Gasteiger partial charge in [0.05, 0.1) is 18.4 Å². The Morgan fingerprint density at radius 2 is 1.77 bits per heavy atom. The van der Waals surface area contributed by atoms with Crippen LogP contribution in [0, 0.1) is 13.8 Å². The summed E-state index contributed by atoms with van der Waals surface area (Å²) in [6.45, 7) is 3.31. The fourth-order valence-electron chi connectivity index (χ4n) is 3.37. The van der Waals surface area contributed by atoms with E-state index in [9.17, 15) is 9.59 Å². The maximum absolute atomic E-state index is 12.4. The Bertz CT molecular complexity index is 1270. The summed E-state index contributed by atoms with van der Waals surface area (Å²) in [5.41, 5.74) is 4.00. The standard InChI is InChI=1S/C24H21NO5/c1-14-8-9-15(2)17(10-14)24(27)29-13-23(26)25-19-12-21-18(11-22(19)28-3)16-6-4-5-7-20(16)30-21/h4-12H,13H2,1-3H3,(H,25,26). The van der Waals surface area contributed by atoms with Crippen molar-refractivity contribution in [2.75, 3.05) is 19.0 Å². The highest BCUT2D eigenvalue weighted by Crippen LogP contribution is 2.36. The molecule has 1 heterocycles. The van der Waals surface area contributed by atoms with Crippen LogP contribution in [-0.2, 0) is 9.53 Å². The van der Waals surface area contributed by atoms with Crippen molar-refractivity contribution in [1.82, 2.24) is 0 Å². The van der Waals surface area contributed by atoms with E-state index in [2.05, 4.69) is 5.32 Å². The lowest BCUT2D eigenvalue weighted by atomic mass is 10.1. The van der Waals surface area contributed by atoms with Crippen molar-refractivity contribution in [2.45, 2.75) is 13.8 Å². The van der Waals surface area contributed by atoms with Gasteiger partial charge in [-0.2, -0.15) is 0 Å². The molecule has 0 unspecified atom stereocenters. The van der Waals surface area contributed by atoms with E-state index in [0.29, 0.717) is 22.6 Å². The van der Waals surface area contributed by atoms with Crippen molar-refractivity contribution in [2.24, 2.45) is 0 Å². The molecule has 6 nitrogen and oxygen atoms in total. The topological polar surface area (TPSA) is 77.8 Å². The second-order valence-corrected chi connectivity index (χ2v) is 7.09. The lowest BCUT2D eigenvalue weighted by Crippen LogP contribution is -2.21. The SMILES string of the molecule is COc1cc2c(cc1NC(=O)COC(=O)c1cc(C)ccc1C)oc1ccccc12. The minimum Gasteiger partial charge on any atom is -0.495 e.